The largest absolute Gasteiger partial charge is 0.394 e. The van der Waals surface area contributed by atoms with Gasteiger partial charge in [0.25, 0.3) is 0 Å². The molecule has 7 N–H and O–H groups in total. The maximum Gasteiger partial charge on any atom is 0.217 e. The fraction of sp³-hybridized carbons (Fsp3) is 0.929. The molecule has 11 nitrogen and oxygen atoms in total. The van der Waals surface area contributed by atoms with Crippen LogP contribution in [0.4, 0.5) is 0 Å². The number of aliphatic hydroxyl groups is 6. The van der Waals surface area contributed by atoms with Crippen LogP contribution in [-0.2, 0) is 19.0 Å². The first-order chi connectivity index (χ1) is 11.7. The van der Waals surface area contributed by atoms with Crippen molar-refractivity contribution in [2.45, 2.75) is 75.2 Å². The molecule has 2 rings (SSSR count). The van der Waals surface area contributed by atoms with E-state index >= 15 is 0 Å². The monoisotopic (exact) mass is 367 g/mol. The van der Waals surface area contributed by atoms with Gasteiger partial charge in [-0.25, -0.2) is 0 Å². The lowest BCUT2D eigenvalue weighted by Crippen LogP contribution is -2.67. The molecule has 146 valence electrons. The van der Waals surface area contributed by atoms with Crippen molar-refractivity contribution in [3.8, 4) is 0 Å². The number of aliphatic hydroxyl groups excluding tert-OH is 6. The number of rotatable bonds is 4. The van der Waals surface area contributed by atoms with Gasteiger partial charge in [-0.3, -0.25) is 4.79 Å². The van der Waals surface area contributed by atoms with Gasteiger partial charge in [-0.2, -0.15) is 0 Å². The zero-order chi connectivity index (χ0) is 18.9. The highest BCUT2D eigenvalue weighted by molar-refractivity contribution is 5.73. The Morgan fingerprint density at radius 1 is 1.04 bits per heavy atom. The van der Waals surface area contributed by atoms with Gasteiger partial charge in [0.05, 0.1) is 12.7 Å². The van der Waals surface area contributed by atoms with E-state index in [1.165, 1.54) is 13.8 Å². The second-order valence-electron chi connectivity index (χ2n) is 6.25. The van der Waals surface area contributed by atoms with Crippen molar-refractivity contribution in [2.75, 3.05) is 6.61 Å². The summed E-state index contributed by atoms with van der Waals surface area (Å²) in [6.45, 7) is 1.98. The second kappa shape index (κ2) is 8.20. The number of hydrogen-bond donors (Lipinski definition) is 7. The summed E-state index contributed by atoms with van der Waals surface area (Å²) in [6, 6.07) is -1.24. The SMILES string of the molecule is CC(=O)N[C@H]1C(O[C@@H]2C(O)O[C@@H](C)[C@@H](O)[C@H]2O)O[C@H](CO)[C@H](O)[C@@H]1O. The number of carbonyl (C=O) groups is 1. The summed E-state index contributed by atoms with van der Waals surface area (Å²) >= 11 is 0. The van der Waals surface area contributed by atoms with E-state index in [9.17, 15) is 35.4 Å². The lowest BCUT2D eigenvalue weighted by Gasteiger charge is -2.46. The van der Waals surface area contributed by atoms with E-state index in [1.807, 2.05) is 0 Å². The lowest BCUT2D eigenvalue weighted by atomic mass is 9.96. The Bertz CT molecular complexity index is 465. The Balaban J connectivity index is 2.19. The average molecular weight is 367 g/mol. The Morgan fingerprint density at radius 3 is 2.24 bits per heavy atom. The van der Waals surface area contributed by atoms with E-state index in [-0.39, 0.29) is 0 Å². The van der Waals surface area contributed by atoms with Crippen LogP contribution in [0, 0.1) is 0 Å². The van der Waals surface area contributed by atoms with E-state index in [0.717, 1.165) is 0 Å². The molecule has 0 bridgehead atoms. The molecular formula is C14H25NO10. The van der Waals surface area contributed by atoms with Crippen LogP contribution in [0.15, 0.2) is 0 Å². The van der Waals surface area contributed by atoms with Crippen molar-refractivity contribution in [2.24, 2.45) is 0 Å². The molecule has 0 saturated carbocycles. The molecule has 11 heteroatoms. The molecule has 0 aromatic heterocycles. The number of carbonyl (C=O) groups excluding carboxylic acids is 1. The van der Waals surface area contributed by atoms with Crippen LogP contribution in [0.5, 0.6) is 0 Å². The van der Waals surface area contributed by atoms with Gasteiger partial charge in [0.15, 0.2) is 12.6 Å². The normalized spacial score (nSPS) is 48.2. The van der Waals surface area contributed by atoms with Gasteiger partial charge in [-0.05, 0) is 6.92 Å². The van der Waals surface area contributed by atoms with Crippen LogP contribution in [0.25, 0.3) is 0 Å². The summed E-state index contributed by atoms with van der Waals surface area (Å²) < 4.78 is 15.8. The number of nitrogens with one attached hydrogen (secondary N) is 1. The molecule has 0 aromatic rings. The van der Waals surface area contributed by atoms with Crippen LogP contribution >= 0.6 is 0 Å². The first-order valence-electron chi connectivity index (χ1n) is 7.92. The van der Waals surface area contributed by atoms with Crippen molar-refractivity contribution in [1.82, 2.24) is 5.32 Å². The molecule has 25 heavy (non-hydrogen) atoms. The van der Waals surface area contributed by atoms with E-state index in [0.29, 0.717) is 0 Å². The lowest BCUT2D eigenvalue weighted by molar-refractivity contribution is -0.344. The highest BCUT2D eigenvalue weighted by atomic mass is 16.7. The predicted octanol–water partition coefficient (Wildman–Crippen LogP) is -4.23. The standard InChI is InChI=1S/C14H25NO10/c1-4-8(18)11(21)12(13(22)23-4)25-14-7(15-5(2)17)10(20)9(19)6(3-16)24-14/h4,6-14,16,18-22H,3H2,1-2H3,(H,15,17)/t4-,6+,7+,8+,9-,10+,11+,12-,13?,14?/m0/s1. The summed E-state index contributed by atoms with van der Waals surface area (Å²) in [7, 11) is 0. The van der Waals surface area contributed by atoms with E-state index < -0.39 is 73.9 Å². The Labute approximate surface area is 143 Å². The van der Waals surface area contributed by atoms with E-state index in [4.69, 9.17) is 14.2 Å². The van der Waals surface area contributed by atoms with Crippen molar-refractivity contribution in [1.29, 1.82) is 0 Å². The molecular weight excluding hydrogens is 342 g/mol. The van der Waals surface area contributed by atoms with Gasteiger partial charge in [-0.15, -0.1) is 0 Å². The van der Waals surface area contributed by atoms with E-state index in [1.54, 1.807) is 0 Å². The first-order valence-corrected chi connectivity index (χ1v) is 7.92. The van der Waals surface area contributed by atoms with Crippen molar-refractivity contribution in [3.05, 3.63) is 0 Å². The average Bonchev–Trinajstić information content (AvgIpc) is 2.55. The molecule has 0 aromatic carbocycles. The van der Waals surface area contributed by atoms with Crippen LogP contribution in [0.2, 0.25) is 0 Å². The highest BCUT2D eigenvalue weighted by Crippen LogP contribution is 2.28. The molecule has 2 aliphatic rings. The molecule has 10 atom stereocenters. The highest BCUT2D eigenvalue weighted by Gasteiger charge is 2.50. The van der Waals surface area contributed by atoms with Gasteiger partial charge in [-0.1, -0.05) is 0 Å². The smallest absolute Gasteiger partial charge is 0.217 e. The third-order valence-electron chi connectivity index (χ3n) is 4.34. The van der Waals surface area contributed by atoms with Crippen LogP contribution in [0.3, 0.4) is 0 Å². The zero-order valence-corrected chi connectivity index (χ0v) is 13.8. The van der Waals surface area contributed by atoms with Gasteiger partial charge in [0.2, 0.25) is 5.91 Å². The topological polar surface area (TPSA) is 178 Å². The predicted molar refractivity (Wildman–Crippen MR) is 78.8 cm³/mol. The number of amides is 1. The fourth-order valence-electron chi connectivity index (χ4n) is 2.91. The first kappa shape index (κ1) is 20.4. The minimum absolute atomic E-state index is 0.550. The summed E-state index contributed by atoms with van der Waals surface area (Å²) in [5.74, 6) is -0.550. The maximum absolute atomic E-state index is 11.3. The summed E-state index contributed by atoms with van der Waals surface area (Å²) in [5, 5.41) is 61.6. The summed E-state index contributed by atoms with van der Waals surface area (Å²) in [4.78, 5) is 11.3. The third kappa shape index (κ3) is 4.27. The maximum atomic E-state index is 11.3. The molecule has 0 spiro atoms. The van der Waals surface area contributed by atoms with Gasteiger partial charge >= 0.3 is 0 Å². The second-order valence-corrected chi connectivity index (χ2v) is 6.25. The van der Waals surface area contributed by atoms with Crippen molar-refractivity contribution in [3.63, 3.8) is 0 Å². The molecule has 1 amide bonds. The van der Waals surface area contributed by atoms with Crippen LogP contribution in [-0.4, -0.2) is 105 Å². The molecule has 2 heterocycles. The van der Waals surface area contributed by atoms with Gasteiger partial charge in [0.1, 0.15) is 42.7 Å². The summed E-state index contributed by atoms with van der Waals surface area (Å²) in [6.07, 6.45) is -12.5. The van der Waals surface area contributed by atoms with E-state index in [2.05, 4.69) is 5.32 Å². The Kier molecular flexibility index (Phi) is 6.70. The minimum Gasteiger partial charge on any atom is -0.394 e. The fourth-order valence-corrected chi connectivity index (χ4v) is 2.91. The van der Waals surface area contributed by atoms with Gasteiger partial charge < -0.3 is 50.2 Å². The van der Waals surface area contributed by atoms with Crippen molar-refractivity contribution < 1.29 is 49.6 Å². The zero-order valence-electron chi connectivity index (χ0n) is 13.8. The number of hydrogen-bond acceptors (Lipinski definition) is 10. The third-order valence-corrected chi connectivity index (χ3v) is 4.34. The Hall–Kier alpha value is -0.890. The number of ether oxygens (including phenoxy) is 3. The van der Waals surface area contributed by atoms with Crippen LogP contribution < -0.4 is 5.32 Å². The molecule has 2 aliphatic heterocycles. The molecule has 0 aliphatic carbocycles. The minimum atomic E-state index is -1.61. The molecule has 2 fully saturated rings. The van der Waals surface area contributed by atoms with Crippen LogP contribution in [0.1, 0.15) is 13.8 Å². The Morgan fingerprint density at radius 2 is 1.68 bits per heavy atom. The quantitative estimate of drug-likeness (QED) is 0.257. The molecule has 2 saturated heterocycles. The summed E-state index contributed by atoms with van der Waals surface area (Å²) in [5.41, 5.74) is 0. The van der Waals surface area contributed by atoms with Gasteiger partial charge in [0, 0.05) is 6.92 Å². The molecule has 0 radical (unpaired) electrons. The van der Waals surface area contributed by atoms with Crippen molar-refractivity contribution >= 4 is 5.91 Å². The molecule has 2 unspecified atom stereocenters.